The molecule has 3 nitrogen and oxygen atoms in total. The minimum atomic E-state index is -0.0946. The molecule has 0 bridgehead atoms. The summed E-state index contributed by atoms with van der Waals surface area (Å²) in [5.41, 5.74) is 0. The van der Waals surface area contributed by atoms with Crippen LogP contribution in [0.15, 0.2) is 0 Å². The third-order valence-corrected chi connectivity index (χ3v) is 2.38. The van der Waals surface area contributed by atoms with E-state index in [0.717, 1.165) is 45.3 Å². The van der Waals surface area contributed by atoms with Gasteiger partial charge in [-0.3, -0.25) is 0 Å². The van der Waals surface area contributed by atoms with Gasteiger partial charge in [0.25, 0.3) is 0 Å². The summed E-state index contributed by atoms with van der Waals surface area (Å²) in [6.07, 6.45) is 4.00. The Balaban J connectivity index is 1.93. The van der Waals surface area contributed by atoms with Crippen molar-refractivity contribution in [3.63, 3.8) is 0 Å². The maximum Gasteiger partial charge on any atom is 0.0679 e. The lowest BCUT2D eigenvalue weighted by molar-refractivity contribution is 0.175. The van der Waals surface area contributed by atoms with Crippen LogP contribution in [-0.4, -0.2) is 47.5 Å². The van der Waals surface area contributed by atoms with Crippen LogP contribution in [0.5, 0.6) is 0 Å². The molecular weight excluding hydrogens is 154 g/mol. The Bertz CT molecular complexity index is 119. The summed E-state index contributed by atoms with van der Waals surface area (Å²) in [4.78, 5) is 2.29. The molecule has 0 aromatic carbocycles. The fourth-order valence-electron chi connectivity index (χ4n) is 1.64. The topological polar surface area (TPSA) is 43.7 Å². The van der Waals surface area contributed by atoms with Gasteiger partial charge in [-0.05, 0) is 32.2 Å². The molecule has 1 atom stereocenters. The Morgan fingerprint density at radius 1 is 1.25 bits per heavy atom. The van der Waals surface area contributed by atoms with Crippen molar-refractivity contribution in [3.8, 4) is 0 Å². The highest BCUT2D eigenvalue weighted by molar-refractivity contribution is 4.73. The van der Waals surface area contributed by atoms with Crippen LogP contribution >= 0.6 is 0 Å². The molecule has 0 spiro atoms. The average Bonchev–Trinajstić information content (AvgIpc) is 2.45. The number of aliphatic hydroxyl groups is 2. The number of aliphatic hydroxyl groups excluding tert-OH is 2. The molecule has 1 fully saturated rings. The van der Waals surface area contributed by atoms with Gasteiger partial charge in [-0.2, -0.15) is 0 Å². The molecule has 72 valence electrons. The van der Waals surface area contributed by atoms with Crippen molar-refractivity contribution in [1.82, 2.24) is 4.90 Å². The molecule has 0 aromatic heterocycles. The first-order valence-electron chi connectivity index (χ1n) is 4.84. The van der Waals surface area contributed by atoms with Crippen molar-refractivity contribution in [1.29, 1.82) is 0 Å². The van der Waals surface area contributed by atoms with Crippen LogP contribution < -0.4 is 0 Å². The molecular formula is C9H19NO2. The number of rotatable bonds is 5. The lowest BCUT2D eigenvalue weighted by Gasteiger charge is -2.13. The molecule has 1 aliphatic rings. The van der Waals surface area contributed by atoms with Crippen LogP contribution in [0.3, 0.4) is 0 Å². The van der Waals surface area contributed by atoms with Crippen molar-refractivity contribution in [2.75, 3.05) is 26.2 Å². The lowest BCUT2D eigenvalue weighted by Crippen LogP contribution is -2.23. The Morgan fingerprint density at radius 3 is 2.67 bits per heavy atom. The molecule has 1 heterocycles. The molecule has 1 saturated heterocycles. The van der Waals surface area contributed by atoms with E-state index in [1.807, 2.05) is 0 Å². The number of hydrogen-bond donors (Lipinski definition) is 2. The fraction of sp³-hybridized carbons (Fsp3) is 1.00. The molecule has 12 heavy (non-hydrogen) atoms. The van der Waals surface area contributed by atoms with Crippen LogP contribution in [-0.2, 0) is 0 Å². The highest BCUT2D eigenvalue weighted by atomic mass is 16.3. The van der Waals surface area contributed by atoms with Crippen molar-refractivity contribution < 1.29 is 10.2 Å². The SMILES string of the molecule is OCCCCCN1CCC(O)C1. The number of unbranched alkanes of at least 4 members (excludes halogenated alkanes) is 2. The predicted octanol–water partition coefficient (Wildman–Crippen LogP) is 0.216. The Kier molecular flexibility index (Phi) is 4.58. The smallest absolute Gasteiger partial charge is 0.0679 e. The van der Waals surface area contributed by atoms with Gasteiger partial charge >= 0.3 is 0 Å². The van der Waals surface area contributed by atoms with Gasteiger partial charge in [0.2, 0.25) is 0 Å². The monoisotopic (exact) mass is 173 g/mol. The molecule has 0 radical (unpaired) electrons. The number of hydrogen-bond acceptors (Lipinski definition) is 3. The van der Waals surface area contributed by atoms with Crippen LogP contribution in [0.2, 0.25) is 0 Å². The average molecular weight is 173 g/mol. The van der Waals surface area contributed by atoms with Gasteiger partial charge in [-0.1, -0.05) is 0 Å². The highest BCUT2D eigenvalue weighted by Crippen LogP contribution is 2.09. The Morgan fingerprint density at radius 2 is 2.08 bits per heavy atom. The zero-order valence-corrected chi connectivity index (χ0v) is 7.58. The van der Waals surface area contributed by atoms with E-state index in [9.17, 15) is 5.11 Å². The Labute approximate surface area is 74.0 Å². The molecule has 3 heteroatoms. The molecule has 1 unspecified atom stereocenters. The van der Waals surface area contributed by atoms with E-state index in [2.05, 4.69) is 4.90 Å². The van der Waals surface area contributed by atoms with Crippen molar-refractivity contribution in [2.24, 2.45) is 0 Å². The van der Waals surface area contributed by atoms with E-state index < -0.39 is 0 Å². The molecule has 0 saturated carbocycles. The fourth-order valence-corrected chi connectivity index (χ4v) is 1.64. The number of β-amino-alcohol motifs (C(OH)–C–C–N with tert-alkyl or cyclic N) is 1. The summed E-state index contributed by atoms with van der Waals surface area (Å²) in [5.74, 6) is 0. The number of nitrogens with zero attached hydrogens (tertiary/aromatic N) is 1. The summed E-state index contributed by atoms with van der Waals surface area (Å²) in [6, 6.07) is 0. The third kappa shape index (κ3) is 3.52. The predicted molar refractivity (Wildman–Crippen MR) is 48.0 cm³/mol. The van der Waals surface area contributed by atoms with Gasteiger partial charge in [-0.25, -0.2) is 0 Å². The normalized spacial score (nSPS) is 25.0. The van der Waals surface area contributed by atoms with E-state index in [1.54, 1.807) is 0 Å². The minimum absolute atomic E-state index is 0.0946. The van der Waals surface area contributed by atoms with Gasteiger partial charge in [0.05, 0.1) is 6.10 Å². The second kappa shape index (κ2) is 5.51. The zero-order chi connectivity index (χ0) is 8.81. The summed E-state index contributed by atoms with van der Waals surface area (Å²) >= 11 is 0. The largest absolute Gasteiger partial charge is 0.396 e. The summed E-state index contributed by atoms with van der Waals surface area (Å²) in [5, 5.41) is 17.8. The molecule has 0 amide bonds. The van der Waals surface area contributed by atoms with E-state index in [-0.39, 0.29) is 6.10 Å². The van der Waals surface area contributed by atoms with E-state index in [1.165, 1.54) is 0 Å². The third-order valence-electron chi connectivity index (χ3n) is 2.38. The first kappa shape index (κ1) is 9.96. The van der Waals surface area contributed by atoms with Gasteiger partial charge in [-0.15, -0.1) is 0 Å². The van der Waals surface area contributed by atoms with Crippen LogP contribution in [0.25, 0.3) is 0 Å². The first-order chi connectivity index (χ1) is 5.83. The highest BCUT2D eigenvalue weighted by Gasteiger charge is 2.18. The van der Waals surface area contributed by atoms with Crippen LogP contribution in [0, 0.1) is 0 Å². The summed E-state index contributed by atoms with van der Waals surface area (Å²) in [7, 11) is 0. The Hall–Kier alpha value is -0.120. The molecule has 1 aliphatic heterocycles. The molecule has 0 aliphatic carbocycles. The van der Waals surface area contributed by atoms with Crippen molar-refractivity contribution >= 4 is 0 Å². The van der Waals surface area contributed by atoms with Gasteiger partial charge in [0, 0.05) is 19.7 Å². The molecule has 0 aromatic rings. The number of likely N-dealkylation sites (tertiary alicyclic amines) is 1. The lowest BCUT2D eigenvalue weighted by atomic mass is 10.2. The standard InChI is InChI=1S/C9H19NO2/c11-7-3-1-2-5-10-6-4-9(12)8-10/h9,11-12H,1-8H2. The van der Waals surface area contributed by atoms with Gasteiger partial charge in [0.15, 0.2) is 0 Å². The van der Waals surface area contributed by atoms with Crippen LogP contribution in [0.1, 0.15) is 25.7 Å². The van der Waals surface area contributed by atoms with Crippen molar-refractivity contribution in [3.05, 3.63) is 0 Å². The summed E-state index contributed by atoms with van der Waals surface area (Å²) < 4.78 is 0. The molecule has 2 N–H and O–H groups in total. The quantitative estimate of drug-likeness (QED) is 0.584. The van der Waals surface area contributed by atoms with Gasteiger partial charge < -0.3 is 15.1 Å². The zero-order valence-electron chi connectivity index (χ0n) is 7.58. The van der Waals surface area contributed by atoms with Crippen LogP contribution in [0.4, 0.5) is 0 Å². The van der Waals surface area contributed by atoms with E-state index in [0.29, 0.717) is 6.61 Å². The second-order valence-corrected chi connectivity index (χ2v) is 3.53. The second-order valence-electron chi connectivity index (χ2n) is 3.53. The molecule has 1 rings (SSSR count). The van der Waals surface area contributed by atoms with E-state index in [4.69, 9.17) is 5.11 Å². The van der Waals surface area contributed by atoms with Gasteiger partial charge in [0.1, 0.15) is 0 Å². The maximum absolute atomic E-state index is 9.22. The van der Waals surface area contributed by atoms with E-state index >= 15 is 0 Å². The maximum atomic E-state index is 9.22. The first-order valence-corrected chi connectivity index (χ1v) is 4.84. The van der Waals surface area contributed by atoms with Crippen molar-refractivity contribution in [2.45, 2.75) is 31.8 Å². The minimum Gasteiger partial charge on any atom is -0.396 e. The summed E-state index contributed by atoms with van der Waals surface area (Å²) in [6.45, 7) is 3.28.